The number of halogens is 3. The van der Waals surface area contributed by atoms with Crippen molar-refractivity contribution >= 4 is 17.5 Å². The molecular formula is C20H21F3N2O3. The Kier molecular flexibility index (Phi) is 7.17. The van der Waals surface area contributed by atoms with Crippen LogP contribution < -0.4 is 10.6 Å². The Bertz CT molecular complexity index is 834. The van der Waals surface area contributed by atoms with Crippen LogP contribution in [0.1, 0.15) is 27.0 Å². The number of rotatable bonds is 7. The van der Waals surface area contributed by atoms with Gasteiger partial charge in [-0.2, -0.15) is 13.2 Å². The SMILES string of the molecule is Cc1cccc(NC(=O)CNC(=O)c2ccc(COCC(F)(F)F)cc2)c1C. The highest BCUT2D eigenvalue weighted by atomic mass is 19.4. The molecule has 0 saturated carbocycles. The molecule has 0 aromatic heterocycles. The number of amides is 2. The first kappa shape index (κ1) is 21.4. The molecule has 0 fully saturated rings. The number of hydrogen-bond donors (Lipinski definition) is 2. The van der Waals surface area contributed by atoms with Gasteiger partial charge in [-0.05, 0) is 48.7 Å². The highest BCUT2D eigenvalue weighted by Gasteiger charge is 2.27. The number of benzene rings is 2. The number of aryl methyl sites for hydroxylation is 1. The van der Waals surface area contributed by atoms with Crippen molar-refractivity contribution < 1.29 is 27.5 Å². The first-order chi connectivity index (χ1) is 13.2. The Balaban J connectivity index is 1.82. The van der Waals surface area contributed by atoms with E-state index in [2.05, 4.69) is 15.4 Å². The van der Waals surface area contributed by atoms with Crippen LogP contribution in [0.25, 0.3) is 0 Å². The minimum Gasteiger partial charge on any atom is -0.367 e. The molecule has 0 bridgehead atoms. The molecule has 0 unspecified atom stereocenters. The first-order valence-corrected chi connectivity index (χ1v) is 8.53. The molecule has 2 rings (SSSR count). The molecule has 0 atom stereocenters. The Labute approximate surface area is 160 Å². The number of nitrogens with one attached hydrogen (secondary N) is 2. The fourth-order valence-corrected chi connectivity index (χ4v) is 2.38. The van der Waals surface area contributed by atoms with E-state index in [1.165, 1.54) is 24.3 Å². The Morgan fingerprint density at radius 2 is 1.71 bits per heavy atom. The molecular weight excluding hydrogens is 373 g/mol. The summed E-state index contributed by atoms with van der Waals surface area (Å²) in [6.45, 7) is 2.08. The van der Waals surface area contributed by atoms with Crippen molar-refractivity contribution in [3.05, 3.63) is 64.7 Å². The molecule has 0 aliphatic carbocycles. The van der Waals surface area contributed by atoms with Crippen LogP contribution in [-0.4, -0.2) is 31.1 Å². The van der Waals surface area contributed by atoms with E-state index in [0.717, 1.165) is 11.1 Å². The van der Waals surface area contributed by atoms with Crippen molar-refractivity contribution in [2.24, 2.45) is 0 Å². The van der Waals surface area contributed by atoms with E-state index in [9.17, 15) is 22.8 Å². The van der Waals surface area contributed by atoms with Crippen molar-refractivity contribution in [3.63, 3.8) is 0 Å². The molecule has 0 radical (unpaired) electrons. The van der Waals surface area contributed by atoms with Crippen molar-refractivity contribution in [3.8, 4) is 0 Å². The van der Waals surface area contributed by atoms with E-state index < -0.39 is 18.7 Å². The summed E-state index contributed by atoms with van der Waals surface area (Å²) in [5, 5.41) is 5.24. The van der Waals surface area contributed by atoms with Crippen LogP contribution in [0.2, 0.25) is 0 Å². The minimum atomic E-state index is -4.38. The molecule has 2 aromatic rings. The lowest BCUT2D eigenvalue weighted by Crippen LogP contribution is -2.33. The van der Waals surface area contributed by atoms with Crippen LogP contribution in [0.4, 0.5) is 18.9 Å². The zero-order valence-electron chi connectivity index (χ0n) is 15.5. The molecule has 0 spiro atoms. The average Bonchev–Trinajstić information content (AvgIpc) is 2.63. The smallest absolute Gasteiger partial charge is 0.367 e. The number of carbonyl (C=O) groups excluding carboxylic acids is 2. The Morgan fingerprint density at radius 3 is 2.36 bits per heavy atom. The molecule has 5 nitrogen and oxygen atoms in total. The molecule has 0 saturated heterocycles. The molecule has 0 heterocycles. The summed E-state index contributed by atoms with van der Waals surface area (Å²) >= 11 is 0. The second kappa shape index (κ2) is 9.36. The molecule has 2 amide bonds. The van der Waals surface area contributed by atoms with Gasteiger partial charge in [0.05, 0.1) is 13.2 Å². The van der Waals surface area contributed by atoms with Crippen LogP contribution in [0.15, 0.2) is 42.5 Å². The highest BCUT2D eigenvalue weighted by Crippen LogP contribution is 2.18. The van der Waals surface area contributed by atoms with Gasteiger partial charge in [0.2, 0.25) is 5.91 Å². The average molecular weight is 394 g/mol. The number of carbonyl (C=O) groups is 2. The number of hydrogen-bond acceptors (Lipinski definition) is 3. The fourth-order valence-electron chi connectivity index (χ4n) is 2.38. The first-order valence-electron chi connectivity index (χ1n) is 8.53. The van der Waals surface area contributed by atoms with Crippen LogP contribution in [-0.2, 0) is 16.1 Å². The summed E-state index contributed by atoms with van der Waals surface area (Å²) in [7, 11) is 0. The zero-order valence-corrected chi connectivity index (χ0v) is 15.5. The monoisotopic (exact) mass is 394 g/mol. The number of ether oxygens (including phenoxy) is 1. The van der Waals surface area contributed by atoms with Crippen molar-refractivity contribution in [1.29, 1.82) is 0 Å². The fraction of sp³-hybridized carbons (Fsp3) is 0.300. The van der Waals surface area contributed by atoms with Crippen molar-refractivity contribution in [2.45, 2.75) is 26.6 Å². The lowest BCUT2D eigenvalue weighted by Gasteiger charge is -2.11. The zero-order chi connectivity index (χ0) is 20.7. The largest absolute Gasteiger partial charge is 0.411 e. The van der Waals surface area contributed by atoms with Crippen molar-refractivity contribution in [1.82, 2.24) is 5.32 Å². The van der Waals surface area contributed by atoms with Gasteiger partial charge in [-0.25, -0.2) is 0 Å². The molecule has 2 N–H and O–H groups in total. The van der Waals surface area contributed by atoms with Gasteiger partial charge < -0.3 is 15.4 Å². The van der Waals surface area contributed by atoms with E-state index >= 15 is 0 Å². The quantitative estimate of drug-likeness (QED) is 0.752. The molecule has 8 heteroatoms. The maximum atomic E-state index is 12.1. The third-order valence-corrected chi connectivity index (χ3v) is 4.04. The maximum absolute atomic E-state index is 12.1. The predicted octanol–water partition coefficient (Wildman–Crippen LogP) is 3.75. The van der Waals surface area contributed by atoms with Gasteiger partial charge in [0.1, 0.15) is 6.61 Å². The van der Waals surface area contributed by atoms with Crippen molar-refractivity contribution in [2.75, 3.05) is 18.5 Å². The molecule has 0 aliphatic heterocycles. The molecule has 150 valence electrons. The van der Waals surface area contributed by atoms with E-state index in [1.807, 2.05) is 26.0 Å². The second-order valence-electron chi connectivity index (χ2n) is 6.28. The predicted molar refractivity (Wildman–Crippen MR) is 99.0 cm³/mol. The Morgan fingerprint density at radius 1 is 1.04 bits per heavy atom. The van der Waals surface area contributed by atoms with Crippen LogP contribution in [0.3, 0.4) is 0 Å². The van der Waals surface area contributed by atoms with Gasteiger partial charge >= 0.3 is 6.18 Å². The lowest BCUT2D eigenvalue weighted by molar-refractivity contribution is -0.176. The van der Waals surface area contributed by atoms with E-state index in [4.69, 9.17) is 0 Å². The van der Waals surface area contributed by atoms with E-state index in [-0.39, 0.29) is 19.1 Å². The summed E-state index contributed by atoms with van der Waals surface area (Å²) < 4.78 is 40.7. The Hall–Kier alpha value is -2.87. The third-order valence-electron chi connectivity index (χ3n) is 4.04. The molecule has 2 aromatic carbocycles. The van der Waals surface area contributed by atoms with Gasteiger partial charge in [0, 0.05) is 11.3 Å². The maximum Gasteiger partial charge on any atom is 0.411 e. The van der Waals surface area contributed by atoms with Gasteiger partial charge in [0.15, 0.2) is 0 Å². The summed E-state index contributed by atoms with van der Waals surface area (Å²) in [5.74, 6) is -0.821. The number of alkyl halides is 3. The number of anilines is 1. The van der Waals surface area contributed by atoms with Gasteiger partial charge in [0.25, 0.3) is 5.91 Å². The highest BCUT2D eigenvalue weighted by molar-refractivity contribution is 5.99. The van der Waals surface area contributed by atoms with E-state index in [0.29, 0.717) is 16.8 Å². The lowest BCUT2D eigenvalue weighted by atomic mass is 10.1. The normalized spacial score (nSPS) is 11.2. The van der Waals surface area contributed by atoms with Crippen LogP contribution >= 0.6 is 0 Å². The third kappa shape index (κ3) is 6.70. The summed E-state index contributed by atoms with van der Waals surface area (Å²) in [5.41, 5.74) is 3.47. The summed E-state index contributed by atoms with van der Waals surface area (Å²) in [4.78, 5) is 24.1. The minimum absolute atomic E-state index is 0.206. The second-order valence-corrected chi connectivity index (χ2v) is 6.28. The molecule has 0 aliphatic rings. The van der Waals surface area contributed by atoms with Gasteiger partial charge in [-0.1, -0.05) is 24.3 Å². The van der Waals surface area contributed by atoms with E-state index in [1.54, 1.807) is 6.07 Å². The van der Waals surface area contributed by atoms with Crippen LogP contribution in [0, 0.1) is 13.8 Å². The standard InChI is InChI=1S/C20H21F3N2O3/c1-13-4-3-5-17(14(13)2)25-18(26)10-24-19(27)16-8-6-15(7-9-16)11-28-12-20(21,22)23/h3-9H,10-12H2,1-2H3,(H,24,27)(H,25,26). The van der Waals surface area contributed by atoms with Crippen LogP contribution in [0.5, 0.6) is 0 Å². The molecule has 28 heavy (non-hydrogen) atoms. The van der Waals surface area contributed by atoms with Gasteiger partial charge in [-0.3, -0.25) is 9.59 Å². The topological polar surface area (TPSA) is 67.4 Å². The summed E-state index contributed by atoms with van der Waals surface area (Å²) in [6, 6.07) is 11.5. The van der Waals surface area contributed by atoms with Gasteiger partial charge in [-0.15, -0.1) is 0 Å². The summed E-state index contributed by atoms with van der Waals surface area (Å²) in [6.07, 6.45) is -4.38.